The molecule has 0 aromatic heterocycles. The number of halogens is 2. The van der Waals surface area contributed by atoms with Gasteiger partial charge in [-0.25, -0.2) is 0 Å². The summed E-state index contributed by atoms with van der Waals surface area (Å²) < 4.78 is 5.26. The summed E-state index contributed by atoms with van der Waals surface area (Å²) in [5.74, 6) is 2.53. The van der Waals surface area contributed by atoms with Crippen LogP contribution in [0.25, 0.3) is 0 Å². The third kappa shape index (κ3) is 3.73. The van der Waals surface area contributed by atoms with Crippen LogP contribution in [-0.4, -0.2) is 24.2 Å². The van der Waals surface area contributed by atoms with Crippen LogP contribution in [0, 0.1) is 23.2 Å². The normalized spacial score (nSPS) is 31.4. The topological polar surface area (TPSA) is 50.4 Å². The van der Waals surface area contributed by atoms with E-state index in [0.29, 0.717) is 26.3 Å². The summed E-state index contributed by atoms with van der Waals surface area (Å²) in [4.78, 5) is 12.7. The number of rotatable bonds is 4. The maximum Gasteiger partial charge on any atom is 0.261 e. The minimum absolute atomic E-state index is 0.235. The van der Waals surface area contributed by atoms with Gasteiger partial charge in [0, 0.05) is 11.1 Å². The van der Waals surface area contributed by atoms with E-state index in [2.05, 4.69) is 17.6 Å². The molecular formula is C21H26Cl2N2O2S. The summed E-state index contributed by atoms with van der Waals surface area (Å²) in [5, 5.41) is 7.17. The molecule has 7 heteroatoms. The minimum atomic E-state index is -0.378. The number of methoxy groups -OCH3 is 1. The van der Waals surface area contributed by atoms with Crippen molar-refractivity contribution in [2.24, 2.45) is 23.2 Å². The maximum atomic E-state index is 12.7. The molecule has 4 fully saturated rings. The van der Waals surface area contributed by atoms with E-state index in [9.17, 15) is 4.79 Å². The summed E-state index contributed by atoms with van der Waals surface area (Å²) in [5.41, 5.74) is 0.576. The summed E-state index contributed by atoms with van der Waals surface area (Å²) in [7, 11) is 1.47. The van der Waals surface area contributed by atoms with Crippen molar-refractivity contribution in [1.82, 2.24) is 10.6 Å². The summed E-state index contributed by atoms with van der Waals surface area (Å²) in [6.45, 7) is 2.21. The zero-order chi connectivity index (χ0) is 20.1. The zero-order valence-electron chi connectivity index (χ0n) is 16.2. The van der Waals surface area contributed by atoms with Gasteiger partial charge in [-0.2, -0.15) is 0 Å². The van der Waals surface area contributed by atoms with Gasteiger partial charge < -0.3 is 10.1 Å². The Kier molecular flexibility index (Phi) is 5.54. The Labute approximate surface area is 181 Å². The van der Waals surface area contributed by atoms with Gasteiger partial charge in [-0.3, -0.25) is 10.1 Å². The molecule has 0 radical (unpaired) electrons. The van der Waals surface area contributed by atoms with Crippen LogP contribution in [0.2, 0.25) is 10.0 Å². The lowest BCUT2D eigenvalue weighted by Gasteiger charge is -2.59. The average molecular weight is 441 g/mol. The van der Waals surface area contributed by atoms with E-state index >= 15 is 0 Å². The molecule has 0 saturated heterocycles. The van der Waals surface area contributed by atoms with E-state index in [0.717, 1.165) is 17.8 Å². The fraction of sp³-hybridized carbons (Fsp3) is 0.619. The average Bonchev–Trinajstić information content (AvgIpc) is 2.59. The number of hydrogen-bond donors (Lipinski definition) is 2. The monoisotopic (exact) mass is 440 g/mol. The van der Waals surface area contributed by atoms with E-state index in [4.69, 9.17) is 40.2 Å². The molecule has 1 aromatic rings. The van der Waals surface area contributed by atoms with Crippen LogP contribution < -0.4 is 15.4 Å². The lowest BCUT2D eigenvalue weighted by molar-refractivity contribution is -0.0672. The minimum Gasteiger partial charge on any atom is -0.494 e. The summed E-state index contributed by atoms with van der Waals surface area (Å²) in [6.07, 6.45) is 8.05. The van der Waals surface area contributed by atoms with Crippen molar-refractivity contribution in [2.75, 3.05) is 7.11 Å². The predicted octanol–water partition coefficient (Wildman–Crippen LogP) is 5.21. The molecule has 0 aliphatic heterocycles. The van der Waals surface area contributed by atoms with Crippen molar-refractivity contribution in [1.29, 1.82) is 0 Å². The molecular weight excluding hydrogens is 415 g/mol. The van der Waals surface area contributed by atoms with Gasteiger partial charge in [-0.1, -0.05) is 23.2 Å². The Morgan fingerprint density at radius 2 is 1.75 bits per heavy atom. The quantitative estimate of drug-likeness (QED) is 0.630. The van der Waals surface area contributed by atoms with Gasteiger partial charge >= 0.3 is 0 Å². The van der Waals surface area contributed by atoms with E-state index in [1.807, 2.05) is 0 Å². The van der Waals surface area contributed by atoms with Crippen molar-refractivity contribution in [3.8, 4) is 5.75 Å². The highest BCUT2D eigenvalue weighted by molar-refractivity contribution is 7.80. The van der Waals surface area contributed by atoms with Gasteiger partial charge in [0.15, 0.2) is 5.11 Å². The van der Waals surface area contributed by atoms with Crippen LogP contribution in [0.4, 0.5) is 0 Å². The van der Waals surface area contributed by atoms with E-state index in [1.54, 1.807) is 6.07 Å². The summed E-state index contributed by atoms with van der Waals surface area (Å²) in [6, 6.07) is 3.32. The molecule has 4 bridgehead atoms. The molecule has 1 amide bonds. The van der Waals surface area contributed by atoms with Crippen LogP contribution in [-0.2, 0) is 0 Å². The molecule has 5 rings (SSSR count). The molecule has 1 unspecified atom stereocenters. The van der Waals surface area contributed by atoms with E-state index in [1.165, 1.54) is 51.7 Å². The van der Waals surface area contributed by atoms with Gasteiger partial charge in [0.05, 0.1) is 17.7 Å². The number of ether oxygens (including phenoxy) is 1. The van der Waals surface area contributed by atoms with Crippen LogP contribution in [0.3, 0.4) is 0 Å². The number of carbonyl (C=O) groups excluding carboxylic acids is 1. The fourth-order valence-corrected chi connectivity index (χ4v) is 7.04. The Balaban J connectivity index is 1.43. The van der Waals surface area contributed by atoms with Crippen LogP contribution in [0.5, 0.6) is 5.75 Å². The highest BCUT2D eigenvalue weighted by Gasteiger charge is 2.53. The van der Waals surface area contributed by atoms with E-state index in [-0.39, 0.29) is 17.5 Å². The van der Waals surface area contributed by atoms with Crippen molar-refractivity contribution < 1.29 is 9.53 Å². The van der Waals surface area contributed by atoms with Gasteiger partial charge in [-0.15, -0.1) is 0 Å². The van der Waals surface area contributed by atoms with Gasteiger partial charge in [0.25, 0.3) is 5.91 Å². The Morgan fingerprint density at radius 1 is 1.18 bits per heavy atom. The van der Waals surface area contributed by atoms with Crippen LogP contribution in [0.15, 0.2) is 12.1 Å². The highest BCUT2D eigenvalue weighted by atomic mass is 35.5. The Morgan fingerprint density at radius 3 is 2.29 bits per heavy atom. The lowest BCUT2D eigenvalue weighted by atomic mass is 9.48. The van der Waals surface area contributed by atoms with Gasteiger partial charge in [-0.05, 0) is 93.0 Å². The highest BCUT2D eigenvalue weighted by Crippen LogP contribution is 2.61. The molecule has 152 valence electrons. The molecule has 4 nitrogen and oxygen atoms in total. The first-order valence-corrected chi connectivity index (χ1v) is 11.1. The summed E-state index contributed by atoms with van der Waals surface area (Å²) >= 11 is 17.6. The van der Waals surface area contributed by atoms with Crippen LogP contribution >= 0.6 is 35.4 Å². The van der Waals surface area contributed by atoms with Crippen molar-refractivity contribution in [3.63, 3.8) is 0 Å². The van der Waals surface area contributed by atoms with Crippen molar-refractivity contribution in [3.05, 3.63) is 27.7 Å². The number of nitrogens with one attached hydrogen (secondary N) is 2. The number of benzene rings is 1. The van der Waals surface area contributed by atoms with Gasteiger partial charge in [0.1, 0.15) is 5.75 Å². The number of thiocarbonyl (C=S) groups is 1. The molecule has 1 aromatic carbocycles. The lowest BCUT2D eigenvalue weighted by Crippen LogP contribution is -2.57. The Bertz CT molecular complexity index is 779. The fourth-order valence-electron chi connectivity index (χ4n) is 6.20. The maximum absolute atomic E-state index is 12.7. The molecule has 28 heavy (non-hydrogen) atoms. The largest absolute Gasteiger partial charge is 0.494 e. The first kappa shape index (κ1) is 20.2. The van der Waals surface area contributed by atoms with E-state index < -0.39 is 0 Å². The first-order valence-electron chi connectivity index (χ1n) is 9.94. The SMILES string of the molecule is COc1c(Cl)cc(Cl)cc1C(=O)NC(=S)NC(C)C12CC3CC(CC(C3)C1)C2. The third-order valence-corrected chi connectivity index (χ3v) is 7.75. The second-order valence-electron chi connectivity index (χ2n) is 8.90. The second kappa shape index (κ2) is 7.66. The first-order chi connectivity index (χ1) is 13.3. The number of amides is 1. The Hall–Kier alpha value is -1.04. The molecule has 4 aliphatic rings. The zero-order valence-corrected chi connectivity index (χ0v) is 18.5. The smallest absolute Gasteiger partial charge is 0.261 e. The second-order valence-corrected chi connectivity index (χ2v) is 10.1. The molecule has 1 atom stereocenters. The predicted molar refractivity (Wildman–Crippen MR) is 116 cm³/mol. The molecule has 4 saturated carbocycles. The number of carbonyl (C=O) groups is 1. The molecule has 4 aliphatic carbocycles. The van der Waals surface area contributed by atoms with Crippen molar-refractivity contribution >= 4 is 46.4 Å². The molecule has 0 spiro atoms. The number of hydrogen-bond acceptors (Lipinski definition) is 3. The van der Waals surface area contributed by atoms with Crippen LogP contribution in [0.1, 0.15) is 55.8 Å². The van der Waals surface area contributed by atoms with Crippen molar-refractivity contribution in [2.45, 2.75) is 51.5 Å². The third-order valence-electron chi connectivity index (χ3n) is 7.04. The molecule has 2 N–H and O–H groups in total. The standard InChI is InChI=1S/C21H26Cl2N2O2S/c1-11(21-8-12-3-13(9-21)5-14(4-12)10-21)24-20(28)25-19(26)16-6-15(22)7-17(23)18(16)27-2/h6-7,11-14H,3-5,8-10H2,1-2H3,(H2,24,25,26,28). The molecule has 0 heterocycles. The van der Waals surface area contributed by atoms with Gasteiger partial charge in [0.2, 0.25) is 0 Å².